The van der Waals surface area contributed by atoms with E-state index < -0.39 is 5.82 Å². The Kier molecular flexibility index (Phi) is 5.80. The van der Waals surface area contributed by atoms with Crippen LogP contribution in [0.2, 0.25) is 5.02 Å². The lowest BCUT2D eigenvalue weighted by molar-refractivity contribution is -0.123. The van der Waals surface area contributed by atoms with Gasteiger partial charge in [-0.25, -0.2) is 4.39 Å². The highest BCUT2D eigenvalue weighted by molar-refractivity contribution is 9.10. The number of benzene rings is 2. The van der Waals surface area contributed by atoms with Crippen LogP contribution in [0.5, 0.6) is 5.75 Å². The quantitative estimate of drug-likeness (QED) is 0.822. The number of carbonyl (C=O) groups is 1. The van der Waals surface area contributed by atoms with E-state index in [1.165, 1.54) is 18.2 Å². The molecule has 0 aliphatic rings. The van der Waals surface area contributed by atoms with Gasteiger partial charge < -0.3 is 10.1 Å². The minimum atomic E-state index is -0.526. The van der Waals surface area contributed by atoms with Crippen molar-refractivity contribution in [1.29, 1.82) is 0 Å². The van der Waals surface area contributed by atoms with Gasteiger partial charge in [-0.2, -0.15) is 0 Å². The molecular weight excluding hydrogens is 373 g/mol. The number of hydrogen-bond acceptors (Lipinski definition) is 2. The average molecular weight is 387 g/mol. The van der Waals surface area contributed by atoms with Crippen LogP contribution >= 0.6 is 27.5 Å². The average Bonchev–Trinajstić information content (AvgIpc) is 2.49. The van der Waals surface area contributed by atoms with Crippen LogP contribution in [0, 0.1) is 5.82 Å². The van der Waals surface area contributed by atoms with Crippen LogP contribution in [0.15, 0.2) is 46.9 Å². The third-order valence-electron chi connectivity index (χ3n) is 3.01. The smallest absolute Gasteiger partial charge is 0.258 e. The van der Waals surface area contributed by atoms with Gasteiger partial charge in [-0.3, -0.25) is 4.79 Å². The lowest BCUT2D eigenvalue weighted by Crippen LogP contribution is -2.31. The van der Waals surface area contributed by atoms with Crippen molar-refractivity contribution in [2.24, 2.45) is 0 Å². The van der Waals surface area contributed by atoms with Gasteiger partial charge in [0.2, 0.25) is 0 Å². The van der Waals surface area contributed by atoms with Gasteiger partial charge in [0, 0.05) is 10.5 Å². The molecular formula is C16H14BrClFNO2. The molecule has 0 aromatic heterocycles. The lowest BCUT2D eigenvalue weighted by Gasteiger charge is -2.15. The first-order valence-corrected chi connectivity index (χ1v) is 7.75. The molecule has 2 aromatic carbocycles. The number of rotatable bonds is 5. The summed E-state index contributed by atoms with van der Waals surface area (Å²) in [7, 11) is 0. The second-order valence-corrected chi connectivity index (χ2v) is 6.03. The Morgan fingerprint density at radius 2 is 2.00 bits per heavy atom. The molecule has 6 heteroatoms. The number of nitrogens with one attached hydrogen (secondary N) is 1. The van der Waals surface area contributed by atoms with Gasteiger partial charge in [-0.05, 0) is 36.8 Å². The molecule has 0 radical (unpaired) electrons. The Bertz CT molecular complexity index is 664. The highest BCUT2D eigenvalue weighted by Crippen LogP contribution is 2.21. The van der Waals surface area contributed by atoms with Crippen LogP contribution in [0.25, 0.3) is 0 Å². The predicted molar refractivity (Wildman–Crippen MR) is 87.6 cm³/mol. The fourth-order valence-corrected chi connectivity index (χ4v) is 2.27. The second kappa shape index (κ2) is 7.61. The van der Waals surface area contributed by atoms with Gasteiger partial charge in [-0.1, -0.05) is 39.7 Å². The zero-order chi connectivity index (χ0) is 16.1. The van der Waals surface area contributed by atoms with E-state index >= 15 is 0 Å². The molecule has 1 atom stereocenters. The van der Waals surface area contributed by atoms with Gasteiger partial charge in [-0.15, -0.1) is 0 Å². The minimum absolute atomic E-state index is 0.0406. The van der Waals surface area contributed by atoms with E-state index in [0.717, 1.165) is 10.0 Å². The Labute approximate surface area is 141 Å². The largest absolute Gasteiger partial charge is 0.484 e. The minimum Gasteiger partial charge on any atom is -0.484 e. The van der Waals surface area contributed by atoms with Crippen molar-refractivity contribution in [1.82, 2.24) is 5.32 Å². The Hall–Kier alpha value is -1.59. The van der Waals surface area contributed by atoms with Crippen LogP contribution < -0.4 is 10.1 Å². The molecule has 0 aliphatic carbocycles. The van der Waals surface area contributed by atoms with Crippen LogP contribution in [0.3, 0.4) is 0 Å². The maximum atomic E-state index is 13.0. The standard InChI is InChI=1S/C16H14BrClFNO2/c1-10(11-2-4-12(17)5-3-11)20-16(21)9-22-13-6-7-15(19)14(18)8-13/h2-8,10H,9H2,1H3,(H,20,21)/t10-/m1/s1. The molecule has 2 rings (SSSR count). The SMILES string of the molecule is C[C@@H](NC(=O)COc1ccc(F)c(Cl)c1)c1ccc(Br)cc1. The Morgan fingerprint density at radius 3 is 2.64 bits per heavy atom. The molecule has 0 aliphatic heterocycles. The third kappa shape index (κ3) is 4.71. The zero-order valence-corrected chi connectivity index (χ0v) is 14.1. The van der Waals surface area contributed by atoms with Gasteiger partial charge in [0.25, 0.3) is 5.91 Å². The molecule has 1 amide bonds. The molecule has 0 unspecified atom stereocenters. The van der Waals surface area contributed by atoms with Crippen LogP contribution in [0.4, 0.5) is 4.39 Å². The molecule has 0 saturated carbocycles. The van der Waals surface area contributed by atoms with E-state index in [-0.39, 0.29) is 23.6 Å². The second-order valence-electron chi connectivity index (χ2n) is 4.71. The predicted octanol–water partition coefficient (Wildman–Crippen LogP) is 4.50. The fourth-order valence-electron chi connectivity index (χ4n) is 1.83. The van der Waals surface area contributed by atoms with Crippen molar-refractivity contribution in [2.75, 3.05) is 6.61 Å². The van der Waals surface area contributed by atoms with E-state index in [1.54, 1.807) is 0 Å². The Morgan fingerprint density at radius 1 is 1.32 bits per heavy atom. The number of amides is 1. The molecule has 0 saturated heterocycles. The highest BCUT2D eigenvalue weighted by Gasteiger charge is 2.10. The van der Waals surface area contributed by atoms with Crippen LogP contribution in [-0.2, 0) is 4.79 Å². The molecule has 0 bridgehead atoms. The maximum absolute atomic E-state index is 13.0. The monoisotopic (exact) mass is 385 g/mol. The van der Waals surface area contributed by atoms with Crippen LogP contribution in [-0.4, -0.2) is 12.5 Å². The van der Waals surface area contributed by atoms with Gasteiger partial charge in [0.05, 0.1) is 11.1 Å². The third-order valence-corrected chi connectivity index (χ3v) is 3.83. The first-order valence-electron chi connectivity index (χ1n) is 6.58. The maximum Gasteiger partial charge on any atom is 0.258 e. The topological polar surface area (TPSA) is 38.3 Å². The first-order chi connectivity index (χ1) is 10.5. The molecule has 0 fully saturated rings. The summed E-state index contributed by atoms with van der Waals surface area (Å²) in [6.45, 7) is 1.72. The van der Waals surface area contributed by atoms with Crippen molar-refractivity contribution in [2.45, 2.75) is 13.0 Å². The first kappa shape index (κ1) is 16.8. The summed E-state index contributed by atoms with van der Waals surface area (Å²) in [5, 5.41) is 2.78. The van der Waals surface area contributed by atoms with E-state index in [4.69, 9.17) is 16.3 Å². The van der Waals surface area contributed by atoms with Gasteiger partial charge in [0.1, 0.15) is 11.6 Å². The van der Waals surface area contributed by atoms with Crippen molar-refractivity contribution in [3.05, 3.63) is 63.3 Å². The summed E-state index contributed by atoms with van der Waals surface area (Å²) in [5.74, 6) is -0.448. The fraction of sp³-hybridized carbons (Fsp3) is 0.188. The molecule has 3 nitrogen and oxygen atoms in total. The summed E-state index contributed by atoms with van der Waals surface area (Å²) >= 11 is 9.01. The number of halogens is 3. The number of ether oxygens (including phenoxy) is 1. The van der Waals surface area contributed by atoms with E-state index in [9.17, 15) is 9.18 Å². The molecule has 2 aromatic rings. The number of carbonyl (C=O) groups excluding carboxylic acids is 1. The van der Waals surface area contributed by atoms with Crippen LogP contribution in [0.1, 0.15) is 18.5 Å². The summed E-state index contributed by atoms with van der Waals surface area (Å²) in [4.78, 5) is 11.9. The highest BCUT2D eigenvalue weighted by atomic mass is 79.9. The van der Waals surface area contributed by atoms with Crippen molar-refractivity contribution in [3.8, 4) is 5.75 Å². The Balaban J connectivity index is 1.87. The van der Waals surface area contributed by atoms with E-state index in [2.05, 4.69) is 21.2 Å². The molecule has 0 heterocycles. The van der Waals surface area contributed by atoms with Crippen molar-refractivity contribution < 1.29 is 13.9 Å². The molecule has 22 heavy (non-hydrogen) atoms. The normalized spacial score (nSPS) is 11.8. The van der Waals surface area contributed by atoms with Crippen molar-refractivity contribution in [3.63, 3.8) is 0 Å². The summed E-state index contributed by atoms with van der Waals surface area (Å²) in [6.07, 6.45) is 0. The number of hydrogen-bond donors (Lipinski definition) is 1. The summed E-state index contributed by atoms with van der Waals surface area (Å²) in [6, 6.07) is 11.5. The van der Waals surface area contributed by atoms with E-state index in [0.29, 0.717) is 5.75 Å². The van der Waals surface area contributed by atoms with Gasteiger partial charge >= 0.3 is 0 Å². The molecule has 116 valence electrons. The van der Waals surface area contributed by atoms with Crippen molar-refractivity contribution >= 4 is 33.4 Å². The van der Waals surface area contributed by atoms with Gasteiger partial charge in [0.15, 0.2) is 6.61 Å². The summed E-state index contributed by atoms with van der Waals surface area (Å²) in [5.41, 5.74) is 0.987. The zero-order valence-electron chi connectivity index (χ0n) is 11.8. The lowest BCUT2D eigenvalue weighted by atomic mass is 10.1. The molecule has 0 spiro atoms. The van der Waals surface area contributed by atoms with E-state index in [1.807, 2.05) is 31.2 Å². The summed E-state index contributed by atoms with van der Waals surface area (Å²) < 4.78 is 19.3. The molecule has 1 N–H and O–H groups in total.